The van der Waals surface area contributed by atoms with Crippen molar-refractivity contribution in [2.75, 3.05) is 13.1 Å². The summed E-state index contributed by atoms with van der Waals surface area (Å²) in [5.41, 5.74) is 0.528. The first-order valence-corrected chi connectivity index (χ1v) is 5.60. The van der Waals surface area contributed by atoms with Crippen LogP contribution in [-0.2, 0) is 0 Å². The zero-order chi connectivity index (χ0) is 11.0. The molecule has 1 saturated carbocycles. The summed E-state index contributed by atoms with van der Waals surface area (Å²) in [6, 6.07) is 3.89. The number of pyridine rings is 1. The molecule has 2 bridgehead atoms. The molecule has 2 fully saturated rings. The van der Waals surface area contributed by atoms with Crippen LogP contribution in [0, 0.1) is 23.2 Å². The van der Waals surface area contributed by atoms with Gasteiger partial charge in [-0.2, -0.15) is 5.26 Å². The Hall–Kier alpha value is -1.60. The topological polar surface area (TPSA) is 57.9 Å². The lowest BCUT2D eigenvalue weighted by molar-refractivity contribution is -0.0447. The first kappa shape index (κ1) is 9.61. The number of nitrogens with zero attached hydrogens (tertiary/aromatic N) is 2. The minimum Gasteiger partial charge on any atom is -0.488 e. The molecule has 2 aliphatic rings. The average Bonchev–Trinajstić information content (AvgIpc) is 2.37. The predicted octanol–water partition coefficient (Wildman–Crippen LogP) is 0.940. The fourth-order valence-corrected chi connectivity index (χ4v) is 2.61. The Morgan fingerprint density at radius 2 is 2.25 bits per heavy atom. The molecule has 82 valence electrons. The van der Waals surface area contributed by atoms with Gasteiger partial charge in [0.05, 0.1) is 0 Å². The summed E-state index contributed by atoms with van der Waals surface area (Å²) >= 11 is 0. The molecule has 16 heavy (non-hydrogen) atoms. The number of hydrogen-bond acceptors (Lipinski definition) is 4. The van der Waals surface area contributed by atoms with Crippen LogP contribution in [0.1, 0.15) is 12.0 Å². The summed E-state index contributed by atoms with van der Waals surface area (Å²) < 4.78 is 5.94. The van der Waals surface area contributed by atoms with E-state index in [1.165, 1.54) is 6.42 Å². The SMILES string of the molecule is N#Cc1cnccc1OC1[C@@H]2CNC[C@H]1C2. The highest BCUT2D eigenvalue weighted by molar-refractivity contribution is 5.40. The van der Waals surface area contributed by atoms with Crippen LogP contribution in [0.2, 0.25) is 0 Å². The monoisotopic (exact) mass is 215 g/mol. The molecule has 0 aromatic carbocycles. The van der Waals surface area contributed by atoms with Crippen molar-refractivity contribution in [3.63, 3.8) is 0 Å². The van der Waals surface area contributed by atoms with E-state index in [-0.39, 0.29) is 6.10 Å². The van der Waals surface area contributed by atoms with Gasteiger partial charge in [0.1, 0.15) is 23.5 Å². The van der Waals surface area contributed by atoms with Crippen LogP contribution in [0.4, 0.5) is 0 Å². The minimum absolute atomic E-state index is 0.288. The Balaban J connectivity index is 1.77. The van der Waals surface area contributed by atoms with E-state index in [1.54, 1.807) is 18.5 Å². The van der Waals surface area contributed by atoms with Gasteiger partial charge in [0.2, 0.25) is 0 Å². The summed E-state index contributed by atoms with van der Waals surface area (Å²) in [7, 11) is 0. The van der Waals surface area contributed by atoms with Crippen molar-refractivity contribution in [2.45, 2.75) is 12.5 Å². The highest BCUT2D eigenvalue weighted by atomic mass is 16.5. The molecule has 3 rings (SSSR count). The van der Waals surface area contributed by atoms with Gasteiger partial charge in [-0.05, 0) is 12.5 Å². The molecule has 1 N–H and O–H groups in total. The molecule has 0 spiro atoms. The van der Waals surface area contributed by atoms with Gasteiger partial charge in [0.25, 0.3) is 0 Å². The van der Waals surface area contributed by atoms with Gasteiger partial charge >= 0.3 is 0 Å². The third-order valence-electron chi connectivity index (χ3n) is 3.51. The second-order valence-corrected chi connectivity index (χ2v) is 4.48. The van der Waals surface area contributed by atoms with Crippen LogP contribution >= 0.6 is 0 Å². The zero-order valence-corrected chi connectivity index (χ0v) is 8.89. The number of aromatic nitrogens is 1. The maximum atomic E-state index is 8.94. The Kier molecular flexibility index (Phi) is 2.26. The lowest BCUT2D eigenvalue weighted by Gasteiger charge is -2.49. The van der Waals surface area contributed by atoms with Crippen molar-refractivity contribution >= 4 is 0 Å². The average molecular weight is 215 g/mol. The number of hydrogen-bond donors (Lipinski definition) is 1. The molecule has 1 aliphatic heterocycles. The van der Waals surface area contributed by atoms with Crippen LogP contribution in [0.5, 0.6) is 5.75 Å². The highest BCUT2D eigenvalue weighted by Gasteiger charge is 2.45. The van der Waals surface area contributed by atoms with Crippen LogP contribution in [0.25, 0.3) is 0 Å². The Morgan fingerprint density at radius 3 is 2.94 bits per heavy atom. The van der Waals surface area contributed by atoms with E-state index in [2.05, 4.69) is 16.4 Å². The Labute approximate surface area is 94.2 Å². The largest absolute Gasteiger partial charge is 0.488 e. The lowest BCUT2D eigenvalue weighted by atomic mass is 9.69. The second-order valence-electron chi connectivity index (χ2n) is 4.48. The van der Waals surface area contributed by atoms with Crippen molar-refractivity contribution in [2.24, 2.45) is 11.8 Å². The molecule has 1 aromatic rings. The summed E-state index contributed by atoms with van der Waals surface area (Å²) in [5, 5.41) is 12.3. The van der Waals surface area contributed by atoms with Gasteiger partial charge < -0.3 is 10.1 Å². The van der Waals surface area contributed by atoms with Crippen molar-refractivity contribution in [3.8, 4) is 11.8 Å². The second kappa shape index (κ2) is 3.76. The molecule has 0 amide bonds. The smallest absolute Gasteiger partial charge is 0.140 e. The van der Waals surface area contributed by atoms with Crippen LogP contribution in [0.3, 0.4) is 0 Å². The molecule has 3 atom stereocenters. The highest BCUT2D eigenvalue weighted by Crippen LogP contribution is 2.39. The Morgan fingerprint density at radius 1 is 1.44 bits per heavy atom. The summed E-state index contributed by atoms with van der Waals surface area (Å²) in [6.45, 7) is 2.07. The number of rotatable bonds is 2. The summed E-state index contributed by atoms with van der Waals surface area (Å²) in [4.78, 5) is 3.92. The standard InChI is InChI=1S/C12H13N3O/c13-4-10-7-14-2-1-11(10)16-12-8-3-9(12)6-15-5-8/h1-2,7-9,12,15H,3,5-6H2/t8-,9+,12?. The molecule has 1 saturated heterocycles. The van der Waals surface area contributed by atoms with Crippen LogP contribution in [-0.4, -0.2) is 24.2 Å². The van der Waals surface area contributed by atoms with Crippen molar-refractivity contribution < 1.29 is 4.74 Å². The molecular formula is C12H13N3O. The molecule has 1 unspecified atom stereocenters. The molecule has 0 radical (unpaired) electrons. The number of nitriles is 1. The van der Waals surface area contributed by atoms with Gasteiger partial charge in [-0.1, -0.05) is 0 Å². The number of piperidine rings is 2. The van der Waals surface area contributed by atoms with E-state index in [9.17, 15) is 0 Å². The first-order valence-electron chi connectivity index (χ1n) is 5.60. The molecule has 1 aromatic heterocycles. The molecule has 2 heterocycles. The molecule has 4 nitrogen and oxygen atoms in total. The summed E-state index contributed by atoms with van der Waals surface area (Å²) in [5.74, 6) is 1.90. The molecule has 1 aliphatic carbocycles. The van der Waals surface area contributed by atoms with Crippen molar-refractivity contribution in [3.05, 3.63) is 24.0 Å². The Bertz CT molecular complexity index is 426. The van der Waals surface area contributed by atoms with Crippen LogP contribution in [0.15, 0.2) is 18.5 Å². The van der Waals surface area contributed by atoms with E-state index in [4.69, 9.17) is 10.00 Å². The maximum Gasteiger partial charge on any atom is 0.140 e. The lowest BCUT2D eigenvalue weighted by Crippen LogP contribution is -2.59. The van der Waals surface area contributed by atoms with Gasteiger partial charge in [0, 0.05) is 37.3 Å². The van der Waals surface area contributed by atoms with E-state index >= 15 is 0 Å². The fraction of sp³-hybridized carbons (Fsp3) is 0.500. The van der Waals surface area contributed by atoms with E-state index < -0.39 is 0 Å². The quantitative estimate of drug-likeness (QED) is 0.797. The molecular weight excluding hydrogens is 202 g/mol. The summed E-state index contributed by atoms with van der Waals surface area (Å²) in [6.07, 6.45) is 4.77. The normalized spacial score (nSPS) is 31.3. The van der Waals surface area contributed by atoms with E-state index in [1.807, 2.05) is 0 Å². The predicted molar refractivity (Wildman–Crippen MR) is 57.8 cm³/mol. The van der Waals surface area contributed by atoms with Gasteiger partial charge in [-0.3, -0.25) is 4.98 Å². The van der Waals surface area contributed by atoms with Crippen molar-refractivity contribution in [1.82, 2.24) is 10.3 Å². The third kappa shape index (κ3) is 1.44. The zero-order valence-electron chi connectivity index (χ0n) is 8.89. The fourth-order valence-electron chi connectivity index (χ4n) is 2.61. The van der Waals surface area contributed by atoms with Gasteiger partial charge in [-0.15, -0.1) is 0 Å². The number of ether oxygens (including phenoxy) is 1. The maximum absolute atomic E-state index is 8.94. The third-order valence-corrected chi connectivity index (χ3v) is 3.51. The van der Waals surface area contributed by atoms with Gasteiger partial charge in [-0.25, -0.2) is 0 Å². The number of fused-ring (bicyclic) bond motifs is 2. The van der Waals surface area contributed by atoms with Crippen LogP contribution < -0.4 is 10.1 Å². The number of nitrogens with one attached hydrogen (secondary N) is 1. The van der Waals surface area contributed by atoms with Gasteiger partial charge in [0.15, 0.2) is 0 Å². The first-order chi connectivity index (χ1) is 7.88. The van der Waals surface area contributed by atoms with E-state index in [0.29, 0.717) is 23.1 Å². The van der Waals surface area contributed by atoms with Crippen molar-refractivity contribution in [1.29, 1.82) is 5.26 Å². The molecule has 4 heteroatoms. The van der Waals surface area contributed by atoms with E-state index in [0.717, 1.165) is 13.1 Å². The minimum atomic E-state index is 0.288.